The molecule has 0 aliphatic rings. The van der Waals surface area contributed by atoms with Crippen LogP contribution in [-0.4, -0.2) is 9.97 Å². The van der Waals surface area contributed by atoms with Gasteiger partial charge < -0.3 is 0 Å². The van der Waals surface area contributed by atoms with Crippen molar-refractivity contribution in [3.8, 4) is 11.1 Å². The van der Waals surface area contributed by atoms with E-state index in [9.17, 15) is 0 Å². The zero-order chi connectivity index (χ0) is 24.5. The van der Waals surface area contributed by atoms with Crippen molar-refractivity contribution in [1.29, 1.82) is 0 Å². The molecule has 0 saturated carbocycles. The lowest BCUT2D eigenvalue weighted by molar-refractivity contribution is 1.17. The van der Waals surface area contributed by atoms with Gasteiger partial charge in [-0.25, -0.2) is 9.97 Å². The molecule has 174 valence electrons. The molecule has 6 rings (SSSR count). The molecule has 0 radical (unpaired) electrons. The van der Waals surface area contributed by atoms with E-state index in [-0.39, 0.29) is 0 Å². The lowest BCUT2D eigenvalue weighted by atomic mass is 10.1. The summed E-state index contributed by atoms with van der Waals surface area (Å²) in [4.78, 5) is 12.0. The molecular weight excluding hydrogens is 477 g/mol. The number of fused-ring (bicyclic) bond motifs is 2. The van der Waals surface area contributed by atoms with E-state index in [0.29, 0.717) is 0 Å². The van der Waals surface area contributed by atoms with E-state index < -0.39 is 0 Å². The van der Waals surface area contributed by atoms with Gasteiger partial charge in [0.1, 0.15) is 10.1 Å². The van der Waals surface area contributed by atoms with Crippen LogP contribution in [0.5, 0.6) is 0 Å². The third-order valence-corrected chi connectivity index (χ3v) is 8.14. The van der Waals surface area contributed by atoms with Crippen LogP contribution in [-0.2, 0) is 0 Å². The minimum atomic E-state index is 1.03. The number of aryl methyl sites for hydroxylation is 2. The molecule has 2 aromatic heterocycles. The van der Waals surface area contributed by atoms with Crippen molar-refractivity contribution < 1.29 is 0 Å². The first-order chi connectivity index (χ1) is 17.6. The molecule has 0 spiro atoms. The lowest BCUT2D eigenvalue weighted by Gasteiger charge is -2.08. The maximum atomic E-state index is 4.83. The fourth-order valence-electron chi connectivity index (χ4n) is 4.41. The molecule has 4 heteroatoms. The smallest absolute Gasteiger partial charge is 0.102 e. The summed E-state index contributed by atoms with van der Waals surface area (Å²) in [5, 5.41) is 4.48. The summed E-state index contributed by atoms with van der Waals surface area (Å²) in [6.45, 7) is 4.30. The minimum Gasteiger partial charge on any atom is -0.241 e. The Morgan fingerprint density at radius 1 is 0.472 bits per heavy atom. The van der Waals surface area contributed by atoms with Crippen LogP contribution in [0.3, 0.4) is 0 Å². The standard InChI is InChI=1S/C32H24N2S2/c1-21-19-31(33-29-9-5-3-7-27(21)29)35-25-15-11-23(12-16-25)24-13-17-26(18-14-24)36-32-20-22(2)28-8-4-6-10-30(28)34-32/h3-20H,1-2H3. The highest BCUT2D eigenvalue weighted by Gasteiger charge is 2.07. The van der Waals surface area contributed by atoms with Gasteiger partial charge in [-0.1, -0.05) is 84.2 Å². The van der Waals surface area contributed by atoms with Crippen LogP contribution in [0.2, 0.25) is 0 Å². The number of aromatic nitrogens is 2. The molecule has 4 aromatic carbocycles. The minimum absolute atomic E-state index is 1.03. The zero-order valence-corrected chi connectivity index (χ0v) is 21.7. The second-order valence-corrected chi connectivity index (χ2v) is 11.0. The average Bonchev–Trinajstić information content (AvgIpc) is 2.90. The molecule has 0 bridgehead atoms. The molecule has 0 fully saturated rings. The van der Waals surface area contributed by atoms with Crippen molar-refractivity contribution in [3.05, 3.63) is 120 Å². The van der Waals surface area contributed by atoms with Gasteiger partial charge in [0.15, 0.2) is 0 Å². The van der Waals surface area contributed by atoms with E-state index in [0.717, 1.165) is 21.1 Å². The summed E-state index contributed by atoms with van der Waals surface area (Å²) in [5.41, 5.74) is 7.02. The molecule has 36 heavy (non-hydrogen) atoms. The normalized spacial score (nSPS) is 11.3. The Morgan fingerprint density at radius 3 is 1.28 bits per heavy atom. The van der Waals surface area contributed by atoms with Crippen molar-refractivity contribution in [2.45, 2.75) is 33.7 Å². The Kier molecular flexibility index (Phi) is 6.22. The molecule has 2 heterocycles. The highest BCUT2D eigenvalue weighted by molar-refractivity contribution is 7.99. The second-order valence-electron chi connectivity index (χ2n) is 8.84. The number of pyridine rings is 2. The first kappa shape index (κ1) is 22.8. The molecular formula is C32H24N2S2. The first-order valence-corrected chi connectivity index (χ1v) is 13.5. The van der Waals surface area contributed by atoms with Gasteiger partial charge in [0.2, 0.25) is 0 Å². The van der Waals surface area contributed by atoms with E-state index in [1.807, 2.05) is 12.1 Å². The fraction of sp³-hybridized carbons (Fsp3) is 0.0625. The highest BCUT2D eigenvalue weighted by Crippen LogP contribution is 2.33. The van der Waals surface area contributed by atoms with Crippen LogP contribution in [0.1, 0.15) is 11.1 Å². The highest BCUT2D eigenvalue weighted by atomic mass is 32.2. The van der Waals surface area contributed by atoms with Crippen molar-refractivity contribution >= 4 is 45.3 Å². The largest absolute Gasteiger partial charge is 0.241 e. The Balaban J connectivity index is 1.17. The van der Waals surface area contributed by atoms with Gasteiger partial charge in [-0.2, -0.15) is 0 Å². The molecule has 0 atom stereocenters. The van der Waals surface area contributed by atoms with Gasteiger partial charge in [0.05, 0.1) is 11.0 Å². The summed E-state index contributed by atoms with van der Waals surface area (Å²) in [7, 11) is 0. The molecule has 0 aliphatic heterocycles. The predicted octanol–water partition coefficient (Wildman–Crippen LogP) is 9.37. The first-order valence-electron chi connectivity index (χ1n) is 11.9. The summed E-state index contributed by atoms with van der Waals surface area (Å²) < 4.78 is 0. The van der Waals surface area contributed by atoms with Crippen molar-refractivity contribution in [2.75, 3.05) is 0 Å². The van der Waals surface area contributed by atoms with Gasteiger partial charge in [-0.05, 0) is 84.6 Å². The van der Waals surface area contributed by atoms with Crippen LogP contribution >= 0.6 is 23.5 Å². The van der Waals surface area contributed by atoms with Crippen LogP contribution in [0, 0.1) is 13.8 Å². The molecule has 0 saturated heterocycles. The molecule has 0 unspecified atom stereocenters. The Hall–Kier alpha value is -3.60. The van der Waals surface area contributed by atoms with Crippen LogP contribution in [0.25, 0.3) is 32.9 Å². The van der Waals surface area contributed by atoms with Gasteiger partial charge in [0, 0.05) is 20.6 Å². The van der Waals surface area contributed by atoms with E-state index >= 15 is 0 Å². The Bertz CT molecular complexity index is 1560. The van der Waals surface area contributed by atoms with Gasteiger partial charge in [-0.3, -0.25) is 0 Å². The van der Waals surface area contributed by atoms with Gasteiger partial charge >= 0.3 is 0 Å². The Labute approximate surface area is 219 Å². The fourth-order valence-corrected chi connectivity index (χ4v) is 6.20. The number of hydrogen-bond acceptors (Lipinski definition) is 4. The Morgan fingerprint density at radius 2 is 0.861 bits per heavy atom. The molecule has 0 aliphatic carbocycles. The predicted molar refractivity (Wildman–Crippen MR) is 153 cm³/mol. The lowest BCUT2D eigenvalue weighted by Crippen LogP contribution is -1.87. The van der Waals surface area contributed by atoms with Crippen LogP contribution < -0.4 is 0 Å². The number of rotatable bonds is 5. The third kappa shape index (κ3) is 4.75. The summed E-state index contributed by atoms with van der Waals surface area (Å²) in [6, 6.07) is 38.4. The monoisotopic (exact) mass is 500 g/mol. The number of para-hydroxylation sites is 2. The van der Waals surface area contributed by atoms with E-state index in [1.165, 1.54) is 42.8 Å². The maximum Gasteiger partial charge on any atom is 0.102 e. The number of nitrogens with zero attached hydrogens (tertiary/aromatic N) is 2. The maximum absolute atomic E-state index is 4.83. The molecule has 6 aromatic rings. The topological polar surface area (TPSA) is 25.8 Å². The third-order valence-electron chi connectivity index (χ3n) is 6.29. The van der Waals surface area contributed by atoms with Crippen molar-refractivity contribution in [2.24, 2.45) is 0 Å². The SMILES string of the molecule is Cc1cc(Sc2ccc(-c3ccc(Sc4cc(C)c5ccccc5n4)cc3)cc2)nc2ccccc12. The van der Waals surface area contributed by atoms with Crippen LogP contribution in [0.15, 0.2) is 129 Å². The number of benzene rings is 4. The summed E-state index contributed by atoms with van der Waals surface area (Å²) >= 11 is 3.41. The zero-order valence-electron chi connectivity index (χ0n) is 20.1. The molecule has 0 amide bonds. The van der Waals surface area contributed by atoms with E-state index in [4.69, 9.17) is 9.97 Å². The van der Waals surface area contributed by atoms with Gasteiger partial charge in [-0.15, -0.1) is 0 Å². The quantitative estimate of drug-likeness (QED) is 0.235. The second kappa shape index (κ2) is 9.81. The van der Waals surface area contributed by atoms with Crippen molar-refractivity contribution in [3.63, 3.8) is 0 Å². The average molecular weight is 501 g/mol. The van der Waals surface area contributed by atoms with E-state index in [2.05, 4.69) is 111 Å². The number of hydrogen-bond donors (Lipinski definition) is 0. The molecule has 2 nitrogen and oxygen atoms in total. The summed E-state index contributed by atoms with van der Waals surface area (Å²) in [6.07, 6.45) is 0. The van der Waals surface area contributed by atoms with E-state index in [1.54, 1.807) is 23.5 Å². The summed E-state index contributed by atoms with van der Waals surface area (Å²) in [5.74, 6) is 0. The van der Waals surface area contributed by atoms with Crippen molar-refractivity contribution in [1.82, 2.24) is 9.97 Å². The van der Waals surface area contributed by atoms with Gasteiger partial charge in [0.25, 0.3) is 0 Å². The molecule has 0 N–H and O–H groups in total. The van der Waals surface area contributed by atoms with Crippen LogP contribution in [0.4, 0.5) is 0 Å².